The van der Waals surface area contributed by atoms with Gasteiger partial charge in [0.1, 0.15) is 0 Å². The van der Waals surface area contributed by atoms with Crippen LogP contribution in [0.15, 0.2) is 0 Å². The second-order valence-electron chi connectivity index (χ2n) is 4.47. The van der Waals surface area contributed by atoms with E-state index in [1.54, 1.807) is 0 Å². The van der Waals surface area contributed by atoms with Gasteiger partial charge in [0.25, 0.3) is 0 Å². The first-order valence-corrected chi connectivity index (χ1v) is 28.2. The zero-order chi connectivity index (χ0) is 11.7. The Bertz CT molecular complexity index is 161. The molecular weight excluding hydrogens is 418 g/mol. The first-order valence-electron chi connectivity index (χ1n) is 6.68. The molecule has 0 radical (unpaired) electrons. The standard InChI is InChI=1S/2C4H9O.C3H6O.2Sn.2H/c2*1-2-3-4-5;1-2-3-4;;;;/h2*2-4H2,1H3;1-3H2;;;;/q3*-1;+1;+2;;. The summed E-state index contributed by atoms with van der Waals surface area (Å²) in [4.78, 5) is 0. The Kier molecular flexibility index (Phi) is 9.14. The molecule has 1 fully saturated rings. The SMILES string of the molecule is CCCC[O][Sn]1([O]CCCC)[CH2]CC[O][SnH2]1. The normalized spacial score (nSPS) is 21.4. The average molecular weight is 444 g/mol. The van der Waals surface area contributed by atoms with E-state index in [1.165, 1.54) is 36.5 Å². The topological polar surface area (TPSA) is 27.7 Å². The molecule has 1 aliphatic heterocycles. The third kappa shape index (κ3) is 5.89. The summed E-state index contributed by atoms with van der Waals surface area (Å²) in [6.45, 7) is 7.27. The summed E-state index contributed by atoms with van der Waals surface area (Å²) in [5.74, 6) is 0. The van der Waals surface area contributed by atoms with Crippen molar-refractivity contribution in [1.29, 1.82) is 0 Å². The monoisotopic (exact) mass is 446 g/mol. The minimum absolute atomic E-state index is 0.930. The van der Waals surface area contributed by atoms with Crippen molar-refractivity contribution in [3.8, 4) is 0 Å². The van der Waals surface area contributed by atoms with Gasteiger partial charge in [0.05, 0.1) is 0 Å². The number of hydrogen-bond acceptors (Lipinski definition) is 3. The zero-order valence-corrected chi connectivity index (χ0v) is 17.7. The van der Waals surface area contributed by atoms with Gasteiger partial charge in [-0.2, -0.15) is 0 Å². The van der Waals surface area contributed by atoms with Crippen molar-refractivity contribution in [2.45, 2.75) is 50.4 Å². The van der Waals surface area contributed by atoms with E-state index in [0.29, 0.717) is 0 Å². The van der Waals surface area contributed by atoms with E-state index >= 15 is 0 Å². The molecule has 0 N–H and O–H groups in total. The molecule has 1 rings (SSSR count). The van der Waals surface area contributed by atoms with Gasteiger partial charge >= 0.3 is 112 Å². The summed E-state index contributed by atoms with van der Waals surface area (Å²) >= 11 is -3.69. The van der Waals surface area contributed by atoms with Gasteiger partial charge in [0.2, 0.25) is 0 Å². The summed E-state index contributed by atoms with van der Waals surface area (Å²) in [7, 11) is 0. The molecule has 5 heteroatoms. The summed E-state index contributed by atoms with van der Waals surface area (Å²) in [5, 5.41) is 0. The maximum atomic E-state index is 6.21. The molecule has 1 saturated heterocycles. The van der Waals surface area contributed by atoms with E-state index in [-0.39, 0.29) is 0 Å². The van der Waals surface area contributed by atoms with Crippen molar-refractivity contribution in [3.05, 3.63) is 0 Å². The second kappa shape index (κ2) is 9.41. The van der Waals surface area contributed by atoms with E-state index in [0.717, 1.165) is 19.8 Å². The quantitative estimate of drug-likeness (QED) is 0.425. The van der Waals surface area contributed by atoms with Crippen LogP contribution in [0.1, 0.15) is 46.0 Å². The molecule has 1 heterocycles. The van der Waals surface area contributed by atoms with Gasteiger partial charge in [-0.1, -0.05) is 0 Å². The summed E-state index contributed by atoms with van der Waals surface area (Å²) in [6, 6.07) is 0. The molecule has 0 unspecified atom stereocenters. The van der Waals surface area contributed by atoms with Gasteiger partial charge in [0, 0.05) is 0 Å². The van der Waals surface area contributed by atoms with Crippen molar-refractivity contribution >= 4 is 32.9 Å². The van der Waals surface area contributed by atoms with Crippen molar-refractivity contribution < 1.29 is 9.22 Å². The Labute approximate surface area is 111 Å². The average Bonchev–Trinajstić information content (AvgIpc) is 2.31. The molecule has 0 bridgehead atoms. The van der Waals surface area contributed by atoms with Crippen molar-refractivity contribution in [3.63, 3.8) is 0 Å². The zero-order valence-electron chi connectivity index (χ0n) is 10.8. The fourth-order valence-corrected chi connectivity index (χ4v) is 35.5. The van der Waals surface area contributed by atoms with Gasteiger partial charge in [0.15, 0.2) is 0 Å². The first-order chi connectivity index (χ1) is 7.83. The molecule has 3 nitrogen and oxygen atoms in total. The number of unbranched alkanes of at least 4 members (excludes halogenated alkanes) is 2. The Morgan fingerprint density at radius 2 is 1.75 bits per heavy atom. The molecule has 0 aromatic carbocycles. The minimum atomic E-state index is -2.56. The second-order valence-corrected chi connectivity index (χ2v) is 40.9. The molecule has 16 heavy (non-hydrogen) atoms. The molecule has 0 amide bonds. The summed E-state index contributed by atoms with van der Waals surface area (Å²) in [6.07, 6.45) is 5.98. The van der Waals surface area contributed by atoms with E-state index in [4.69, 9.17) is 9.22 Å². The predicted octanol–water partition coefficient (Wildman–Crippen LogP) is 2.06. The van der Waals surface area contributed by atoms with Crippen LogP contribution in [0.25, 0.3) is 0 Å². The van der Waals surface area contributed by atoms with E-state index in [9.17, 15) is 0 Å². The van der Waals surface area contributed by atoms with Gasteiger partial charge in [-0.3, -0.25) is 0 Å². The van der Waals surface area contributed by atoms with Crippen LogP contribution >= 0.6 is 0 Å². The molecule has 0 atom stereocenters. The van der Waals surface area contributed by atoms with Gasteiger partial charge in [-0.15, -0.1) is 0 Å². The van der Waals surface area contributed by atoms with E-state index in [1.807, 2.05) is 0 Å². The molecule has 0 aromatic heterocycles. The Morgan fingerprint density at radius 3 is 2.19 bits per heavy atom. The van der Waals surface area contributed by atoms with Crippen molar-refractivity contribution in [2.75, 3.05) is 19.8 Å². The third-order valence-corrected chi connectivity index (χ3v) is 39.8. The molecule has 1 aliphatic rings. The Morgan fingerprint density at radius 1 is 1.12 bits per heavy atom. The van der Waals surface area contributed by atoms with Crippen LogP contribution in [0.5, 0.6) is 0 Å². The van der Waals surface area contributed by atoms with Gasteiger partial charge < -0.3 is 0 Å². The molecular formula is C11H26O3Sn2. The fraction of sp³-hybridized carbons (Fsp3) is 1.00. The predicted molar refractivity (Wildman–Crippen MR) is 71.4 cm³/mol. The van der Waals surface area contributed by atoms with Crippen LogP contribution in [-0.4, -0.2) is 52.7 Å². The Hall–Kier alpha value is 1.48. The fourth-order valence-electron chi connectivity index (χ4n) is 1.82. The molecule has 96 valence electrons. The maximum absolute atomic E-state index is 6.21. The van der Waals surface area contributed by atoms with Gasteiger partial charge in [-0.25, -0.2) is 0 Å². The molecule has 0 saturated carbocycles. The summed E-state index contributed by atoms with van der Waals surface area (Å²) < 4.78 is 19.5. The van der Waals surface area contributed by atoms with E-state index in [2.05, 4.69) is 13.8 Å². The van der Waals surface area contributed by atoms with E-state index < -0.39 is 32.9 Å². The van der Waals surface area contributed by atoms with Crippen LogP contribution in [0.4, 0.5) is 0 Å². The van der Waals surface area contributed by atoms with Crippen LogP contribution in [-0.2, 0) is 9.22 Å². The van der Waals surface area contributed by atoms with Crippen LogP contribution in [0, 0.1) is 0 Å². The third-order valence-electron chi connectivity index (χ3n) is 2.89. The molecule has 0 aliphatic carbocycles. The molecule has 0 spiro atoms. The van der Waals surface area contributed by atoms with Crippen molar-refractivity contribution in [2.24, 2.45) is 0 Å². The Balaban J connectivity index is 2.33. The molecule has 0 aromatic rings. The number of hydrogen-bond donors (Lipinski definition) is 0. The first kappa shape index (κ1) is 15.5. The van der Waals surface area contributed by atoms with Crippen LogP contribution < -0.4 is 0 Å². The summed E-state index contributed by atoms with van der Waals surface area (Å²) in [5.41, 5.74) is 0. The van der Waals surface area contributed by atoms with Crippen LogP contribution in [0.3, 0.4) is 0 Å². The van der Waals surface area contributed by atoms with Crippen LogP contribution in [0.2, 0.25) is 4.44 Å². The van der Waals surface area contributed by atoms with Gasteiger partial charge in [-0.05, 0) is 0 Å². The number of rotatable bonds is 8. The van der Waals surface area contributed by atoms with Crippen molar-refractivity contribution in [1.82, 2.24) is 0 Å².